The van der Waals surface area contributed by atoms with E-state index < -0.39 is 0 Å². The van der Waals surface area contributed by atoms with Crippen molar-refractivity contribution in [1.29, 1.82) is 0 Å². The van der Waals surface area contributed by atoms with Crippen LogP contribution < -0.4 is 0 Å². The number of aromatic nitrogens is 3. The minimum Gasteiger partial charge on any atom is -0.462 e. The zero-order valence-corrected chi connectivity index (χ0v) is 11.0. The summed E-state index contributed by atoms with van der Waals surface area (Å²) in [7, 11) is 0. The van der Waals surface area contributed by atoms with Crippen molar-refractivity contribution in [2.24, 2.45) is 0 Å². The van der Waals surface area contributed by atoms with Crippen LogP contribution in [0.5, 0.6) is 0 Å². The second-order valence-corrected chi connectivity index (χ2v) is 4.38. The number of thiazole rings is 1. The molecule has 0 unspecified atom stereocenters. The van der Waals surface area contributed by atoms with Gasteiger partial charge in [-0.15, -0.1) is 11.3 Å². The molecule has 2 aromatic heterocycles. The third-order valence-electron chi connectivity index (χ3n) is 2.35. The molecular formula is C12H13N3O2S. The molecule has 0 fully saturated rings. The van der Waals surface area contributed by atoms with E-state index in [1.54, 1.807) is 18.6 Å². The predicted octanol–water partition coefficient (Wildman–Crippen LogP) is 2.34. The van der Waals surface area contributed by atoms with Crippen LogP contribution in [0.4, 0.5) is 0 Å². The molecule has 0 saturated heterocycles. The SMILES string of the molecule is CCOC(=O)c1cnc(-c2cncs2)nc1CC. The van der Waals surface area contributed by atoms with Gasteiger partial charge in [-0.3, -0.25) is 4.98 Å². The van der Waals surface area contributed by atoms with E-state index in [-0.39, 0.29) is 5.97 Å². The Labute approximate surface area is 109 Å². The van der Waals surface area contributed by atoms with Gasteiger partial charge in [0, 0.05) is 12.4 Å². The lowest BCUT2D eigenvalue weighted by Crippen LogP contribution is -2.10. The van der Waals surface area contributed by atoms with Crippen LogP contribution >= 0.6 is 11.3 Å². The van der Waals surface area contributed by atoms with Gasteiger partial charge in [0.15, 0.2) is 5.82 Å². The summed E-state index contributed by atoms with van der Waals surface area (Å²) in [5, 5.41) is 0. The zero-order chi connectivity index (χ0) is 13.0. The van der Waals surface area contributed by atoms with Crippen molar-refractivity contribution in [3.05, 3.63) is 29.2 Å². The molecule has 0 radical (unpaired) electrons. The molecule has 0 spiro atoms. The Hall–Kier alpha value is -1.82. The smallest absolute Gasteiger partial charge is 0.341 e. The summed E-state index contributed by atoms with van der Waals surface area (Å²) >= 11 is 1.47. The van der Waals surface area contributed by atoms with Gasteiger partial charge in [0.05, 0.1) is 28.3 Å². The highest BCUT2D eigenvalue weighted by molar-refractivity contribution is 7.13. The van der Waals surface area contributed by atoms with Crippen molar-refractivity contribution in [1.82, 2.24) is 15.0 Å². The highest BCUT2D eigenvalue weighted by atomic mass is 32.1. The number of hydrogen-bond donors (Lipinski definition) is 0. The van der Waals surface area contributed by atoms with Crippen LogP contribution in [0.1, 0.15) is 29.9 Å². The normalized spacial score (nSPS) is 10.3. The lowest BCUT2D eigenvalue weighted by molar-refractivity contribution is 0.0524. The number of hydrogen-bond acceptors (Lipinski definition) is 6. The van der Waals surface area contributed by atoms with Gasteiger partial charge >= 0.3 is 5.97 Å². The molecule has 5 nitrogen and oxygen atoms in total. The van der Waals surface area contributed by atoms with Gasteiger partial charge in [0.25, 0.3) is 0 Å². The lowest BCUT2D eigenvalue weighted by atomic mass is 10.2. The molecule has 2 heterocycles. The summed E-state index contributed by atoms with van der Waals surface area (Å²) in [5.74, 6) is 0.229. The van der Waals surface area contributed by atoms with E-state index in [0.717, 1.165) is 4.88 Å². The Morgan fingerprint density at radius 2 is 2.22 bits per heavy atom. The van der Waals surface area contributed by atoms with E-state index in [9.17, 15) is 4.79 Å². The van der Waals surface area contributed by atoms with Crippen molar-refractivity contribution >= 4 is 17.3 Å². The maximum Gasteiger partial charge on any atom is 0.341 e. The number of carbonyl (C=O) groups is 1. The van der Waals surface area contributed by atoms with E-state index in [1.807, 2.05) is 6.92 Å². The highest BCUT2D eigenvalue weighted by Gasteiger charge is 2.15. The van der Waals surface area contributed by atoms with E-state index in [1.165, 1.54) is 17.5 Å². The summed E-state index contributed by atoms with van der Waals surface area (Å²) in [6.07, 6.45) is 3.89. The molecular weight excluding hydrogens is 250 g/mol. The van der Waals surface area contributed by atoms with Crippen molar-refractivity contribution in [3.63, 3.8) is 0 Å². The van der Waals surface area contributed by atoms with Crippen molar-refractivity contribution < 1.29 is 9.53 Å². The van der Waals surface area contributed by atoms with Crippen LogP contribution in [0.2, 0.25) is 0 Å². The van der Waals surface area contributed by atoms with Gasteiger partial charge in [-0.1, -0.05) is 6.92 Å². The summed E-state index contributed by atoms with van der Waals surface area (Å²) < 4.78 is 4.97. The third kappa shape index (κ3) is 2.53. The molecule has 0 atom stereocenters. The van der Waals surface area contributed by atoms with E-state index in [4.69, 9.17) is 4.74 Å². The maximum atomic E-state index is 11.7. The molecule has 0 aliphatic heterocycles. The Bertz CT molecular complexity index is 540. The molecule has 2 aromatic rings. The standard InChI is InChI=1S/C12H13N3O2S/c1-3-9-8(12(16)17-4-2)5-14-11(15-9)10-6-13-7-18-10/h5-7H,3-4H2,1-2H3. The van der Waals surface area contributed by atoms with Crippen LogP contribution in [-0.2, 0) is 11.2 Å². The monoisotopic (exact) mass is 263 g/mol. The fourth-order valence-corrected chi connectivity index (χ4v) is 2.07. The number of aryl methyl sites for hydroxylation is 1. The largest absolute Gasteiger partial charge is 0.462 e. The Kier molecular flexibility index (Phi) is 3.99. The number of esters is 1. The molecule has 0 amide bonds. The topological polar surface area (TPSA) is 65.0 Å². The predicted molar refractivity (Wildman–Crippen MR) is 68.5 cm³/mol. The minimum absolute atomic E-state index is 0.346. The minimum atomic E-state index is -0.370. The molecule has 0 N–H and O–H groups in total. The zero-order valence-electron chi connectivity index (χ0n) is 10.2. The van der Waals surface area contributed by atoms with Gasteiger partial charge in [0.2, 0.25) is 0 Å². The van der Waals surface area contributed by atoms with Crippen LogP contribution in [-0.4, -0.2) is 27.5 Å². The average Bonchev–Trinajstić information content (AvgIpc) is 2.92. The van der Waals surface area contributed by atoms with E-state index in [2.05, 4.69) is 15.0 Å². The fraction of sp³-hybridized carbons (Fsp3) is 0.333. The Balaban J connectivity index is 2.37. The molecule has 0 aliphatic rings. The lowest BCUT2D eigenvalue weighted by Gasteiger charge is -2.07. The first-order valence-corrected chi connectivity index (χ1v) is 6.56. The first kappa shape index (κ1) is 12.6. The molecule has 0 aromatic carbocycles. The van der Waals surface area contributed by atoms with Crippen LogP contribution in [0.3, 0.4) is 0 Å². The fourth-order valence-electron chi connectivity index (χ4n) is 1.51. The van der Waals surface area contributed by atoms with Crippen molar-refractivity contribution in [2.75, 3.05) is 6.61 Å². The van der Waals surface area contributed by atoms with E-state index in [0.29, 0.717) is 30.1 Å². The number of ether oxygens (including phenoxy) is 1. The molecule has 0 saturated carbocycles. The van der Waals surface area contributed by atoms with Crippen molar-refractivity contribution in [2.45, 2.75) is 20.3 Å². The van der Waals surface area contributed by atoms with Crippen LogP contribution in [0.25, 0.3) is 10.7 Å². The van der Waals surface area contributed by atoms with Gasteiger partial charge < -0.3 is 4.74 Å². The molecule has 94 valence electrons. The molecule has 0 aliphatic carbocycles. The van der Waals surface area contributed by atoms with E-state index >= 15 is 0 Å². The Morgan fingerprint density at radius 1 is 1.39 bits per heavy atom. The maximum absolute atomic E-state index is 11.7. The summed E-state index contributed by atoms with van der Waals surface area (Å²) in [5.41, 5.74) is 2.86. The van der Waals surface area contributed by atoms with Gasteiger partial charge in [-0.25, -0.2) is 14.8 Å². The first-order valence-electron chi connectivity index (χ1n) is 5.68. The molecule has 18 heavy (non-hydrogen) atoms. The molecule has 6 heteroatoms. The first-order chi connectivity index (χ1) is 8.76. The van der Waals surface area contributed by atoms with Gasteiger partial charge in [-0.2, -0.15) is 0 Å². The summed E-state index contributed by atoms with van der Waals surface area (Å²) in [6, 6.07) is 0. The molecule has 0 bridgehead atoms. The van der Waals surface area contributed by atoms with Crippen molar-refractivity contribution in [3.8, 4) is 10.7 Å². The third-order valence-corrected chi connectivity index (χ3v) is 3.12. The second kappa shape index (κ2) is 5.68. The highest BCUT2D eigenvalue weighted by Crippen LogP contribution is 2.20. The number of carbonyl (C=O) groups excluding carboxylic acids is 1. The number of rotatable bonds is 4. The summed E-state index contributed by atoms with van der Waals surface area (Å²) in [4.78, 5) is 25.2. The van der Waals surface area contributed by atoms with Gasteiger partial charge in [0.1, 0.15) is 0 Å². The van der Waals surface area contributed by atoms with Gasteiger partial charge in [-0.05, 0) is 13.3 Å². The van der Waals surface area contributed by atoms with Crippen LogP contribution in [0, 0.1) is 0 Å². The number of nitrogens with zero attached hydrogens (tertiary/aromatic N) is 3. The van der Waals surface area contributed by atoms with Crippen LogP contribution in [0.15, 0.2) is 17.9 Å². The molecule has 2 rings (SSSR count). The quantitative estimate of drug-likeness (QED) is 0.792. The second-order valence-electron chi connectivity index (χ2n) is 3.49. The Morgan fingerprint density at radius 3 is 2.83 bits per heavy atom. The average molecular weight is 263 g/mol. The summed E-state index contributed by atoms with van der Waals surface area (Å²) in [6.45, 7) is 4.07.